The molecule has 0 bridgehead atoms. The van der Waals surface area contributed by atoms with Crippen LogP contribution in [0.3, 0.4) is 0 Å². The van der Waals surface area contributed by atoms with Crippen molar-refractivity contribution < 1.29 is 13.9 Å². The van der Waals surface area contributed by atoms with Crippen LogP contribution in [0.15, 0.2) is 34.8 Å². The van der Waals surface area contributed by atoms with Crippen molar-refractivity contribution in [1.29, 1.82) is 0 Å². The van der Waals surface area contributed by atoms with E-state index in [9.17, 15) is 13.9 Å². The van der Waals surface area contributed by atoms with E-state index in [4.69, 9.17) is 11.6 Å². The van der Waals surface area contributed by atoms with Crippen molar-refractivity contribution in [3.8, 4) is 0 Å². The molecule has 100 valence electrons. The maximum atomic E-state index is 13.7. The molecule has 1 unspecified atom stereocenters. The van der Waals surface area contributed by atoms with E-state index in [-0.39, 0.29) is 11.1 Å². The van der Waals surface area contributed by atoms with Crippen LogP contribution >= 0.6 is 27.5 Å². The van der Waals surface area contributed by atoms with E-state index < -0.39 is 17.7 Å². The van der Waals surface area contributed by atoms with Gasteiger partial charge in [0.25, 0.3) is 0 Å². The van der Waals surface area contributed by atoms with E-state index in [1.165, 1.54) is 13.0 Å². The highest BCUT2D eigenvalue weighted by molar-refractivity contribution is 9.10. The molecule has 5 heteroatoms. The molecule has 0 aromatic heterocycles. The summed E-state index contributed by atoms with van der Waals surface area (Å²) in [7, 11) is 0. The predicted octanol–water partition coefficient (Wildman–Crippen LogP) is 4.77. The lowest BCUT2D eigenvalue weighted by Crippen LogP contribution is -2.05. The average molecular weight is 348 g/mol. The van der Waals surface area contributed by atoms with Gasteiger partial charge in [-0.15, -0.1) is 0 Å². The van der Waals surface area contributed by atoms with Crippen molar-refractivity contribution in [1.82, 2.24) is 0 Å². The highest BCUT2D eigenvalue weighted by atomic mass is 79.9. The molecule has 0 fully saturated rings. The van der Waals surface area contributed by atoms with Crippen LogP contribution in [0, 0.1) is 18.6 Å². The second kappa shape index (κ2) is 5.57. The predicted molar refractivity (Wildman–Crippen MR) is 74.3 cm³/mol. The van der Waals surface area contributed by atoms with Gasteiger partial charge in [0, 0.05) is 26.7 Å². The minimum atomic E-state index is -1.24. The monoisotopic (exact) mass is 346 g/mol. The largest absolute Gasteiger partial charge is 0.383 e. The van der Waals surface area contributed by atoms with Gasteiger partial charge in [0.2, 0.25) is 0 Å². The number of rotatable bonds is 2. The molecule has 2 aromatic carbocycles. The molecule has 0 spiro atoms. The lowest BCUT2D eigenvalue weighted by Gasteiger charge is -2.15. The zero-order chi connectivity index (χ0) is 14.2. The summed E-state index contributed by atoms with van der Waals surface area (Å²) in [6.45, 7) is 1.51. The molecule has 0 radical (unpaired) electrons. The zero-order valence-electron chi connectivity index (χ0n) is 9.92. The molecule has 0 amide bonds. The van der Waals surface area contributed by atoms with Crippen molar-refractivity contribution in [2.24, 2.45) is 0 Å². The average Bonchev–Trinajstić information content (AvgIpc) is 2.33. The van der Waals surface area contributed by atoms with Gasteiger partial charge in [0.05, 0.1) is 0 Å². The molecule has 0 saturated carbocycles. The summed E-state index contributed by atoms with van der Waals surface area (Å²) < 4.78 is 27.7. The van der Waals surface area contributed by atoms with Gasteiger partial charge in [-0.2, -0.15) is 0 Å². The lowest BCUT2D eigenvalue weighted by molar-refractivity contribution is 0.214. The van der Waals surface area contributed by atoms with E-state index in [2.05, 4.69) is 15.9 Å². The summed E-state index contributed by atoms with van der Waals surface area (Å²) in [5.74, 6) is -1.44. The fourth-order valence-corrected chi connectivity index (χ4v) is 2.56. The summed E-state index contributed by atoms with van der Waals surface area (Å²) in [5, 5.41) is 10.5. The maximum Gasteiger partial charge on any atom is 0.132 e. The second-order valence-electron chi connectivity index (χ2n) is 4.19. The van der Waals surface area contributed by atoms with E-state index in [0.717, 1.165) is 10.5 Å². The summed E-state index contributed by atoms with van der Waals surface area (Å²) >= 11 is 9.26. The Kier molecular flexibility index (Phi) is 4.23. The fourth-order valence-electron chi connectivity index (χ4n) is 1.78. The minimum absolute atomic E-state index is 0.00289. The standard InChI is InChI=1S/C14H10BrClF2O/c1-7-4-10(13(18)6-12(7)17)14(19)9-3-2-8(15)5-11(9)16/h2-6,14,19H,1H3. The van der Waals surface area contributed by atoms with Gasteiger partial charge in [0.1, 0.15) is 17.7 Å². The third kappa shape index (κ3) is 2.96. The third-order valence-electron chi connectivity index (χ3n) is 2.83. The number of benzene rings is 2. The number of aliphatic hydroxyl groups excluding tert-OH is 1. The van der Waals surface area contributed by atoms with Crippen LogP contribution < -0.4 is 0 Å². The smallest absolute Gasteiger partial charge is 0.132 e. The number of hydrogen-bond acceptors (Lipinski definition) is 1. The first kappa shape index (κ1) is 14.4. The summed E-state index contributed by atoms with van der Waals surface area (Å²) in [5.41, 5.74) is 0.640. The van der Waals surface area contributed by atoms with Crippen molar-refractivity contribution in [2.45, 2.75) is 13.0 Å². The minimum Gasteiger partial charge on any atom is -0.383 e. The van der Waals surface area contributed by atoms with Crippen LogP contribution in [0.25, 0.3) is 0 Å². The Morgan fingerprint density at radius 1 is 1.11 bits per heavy atom. The molecule has 0 aliphatic heterocycles. The lowest BCUT2D eigenvalue weighted by atomic mass is 9.99. The van der Waals surface area contributed by atoms with Crippen LogP contribution in [0.5, 0.6) is 0 Å². The van der Waals surface area contributed by atoms with E-state index in [1.54, 1.807) is 18.2 Å². The van der Waals surface area contributed by atoms with Crippen molar-refractivity contribution in [2.75, 3.05) is 0 Å². The number of halogens is 4. The Bertz CT molecular complexity index is 631. The molecule has 0 heterocycles. The van der Waals surface area contributed by atoms with Crippen molar-refractivity contribution in [3.63, 3.8) is 0 Å². The van der Waals surface area contributed by atoms with Gasteiger partial charge >= 0.3 is 0 Å². The molecule has 19 heavy (non-hydrogen) atoms. The Morgan fingerprint density at radius 3 is 2.42 bits per heavy atom. The molecule has 2 aromatic rings. The summed E-state index contributed by atoms with van der Waals surface area (Å²) in [6.07, 6.45) is -1.24. The molecule has 0 saturated heterocycles. The topological polar surface area (TPSA) is 20.2 Å². The molecule has 1 N–H and O–H groups in total. The van der Waals surface area contributed by atoms with E-state index in [1.807, 2.05) is 0 Å². The highest BCUT2D eigenvalue weighted by Gasteiger charge is 2.19. The fraction of sp³-hybridized carbons (Fsp3) is 0.143. The quantitative estimate of drug-likeness (QED) is 0.829. The van der Waals surface area contributed by atoms with Crippen LogP contribution in [0.1, 0.15) is 22.8 Å². The molecule has 1 atom stereocenters. The van der Waals surface area contributed by atoms with E-state index >= 15 is 0 Å². The number of aliphatic hydroxyl groups is 1. The first-order valence-electron chi connectivity index (χ1n) is 5.48. The SMILES string of the molecule is Cc1cc(C(O)c2ccc(Br)cc2Cl)c(F)cc1F. The summed E-state index contributed by atoms with van der Waals surface area (Å²) in [6, 6.07) is 6.94. The molecule has 1 nitrogen and oxygen atoms in total. The maximum absolute atomic E-state index is 13.7. The van der Waals surface area contributed by atoms with Crippen molar-refractivity contribution >= 4 is 27.5 Å². The Morgan fingerprint density at radius 2 is 1.79 bits per heavy atom. The molecule has 2 rings (SSSR count). The Labute approximate surface area is 123 Å². The number of aryl methyl sites for hydroxylation is 1. The van der Waals surface area contributed by atoms with Gasteiger partial charge in [-0.25, -0.2) is 8.78 Å². The van der Waals surface area contributed by atoms with Gasteiger partial charge < -0.3 is 5.11 Å². The second-order valence-corrected chi connectivity index (χ2v) is 5.51. The highest BCUT2D eigenvalue weighted by Crippen LogP contribution is 2.32. The first-order valence-corrected chi connectivity index (χ1v) is 6.66. The van der Waals surface area contributed by atoms with Gasteiger partial charge in [-0.1, -0.05) is 33.6 Å². The van der Waals surface area contributed by atoms with Gasteiger partial charge in [-0.3, -0.25) is 0 Å². The van der Waals surface area contributed by atoms with E-state index in [0.29, 0.717) is 10.6 Å². The van der Waals surface area contributed by atoms with Crippen LogP contribution in [0.4, 0.5) is 8.78 Å². The zero-order valence-corrected chi connectivity index (χ0v) is 12.3. The molecular weight excluding hydrogens is 338 g/mol. The molecule has 0 aliphatic rings. The van der Waals surface area contributed by atoms with Crippen LogP contribution in [-0.4, -0.2) is 5.11 Å². The number of hydrogen-bond donors (Lipinski definition) is 1. The van der Waals surface area contributed by atoms with Crippen LogP contribution in [0.2, 0.25) is 5.02 Å². The Balaban J connectivity index is 2.49. The molecular formula is C14H10BrClF2O. The van der Waals surface area contributed by atoms with Crippen molar-refractivity contribution in [3.05, 3.63) is 68.2 Å². The third-order valence-corrected chi connectivity index (χ3v) is 3.65. The Hall–Kier alpha value is -0.970. The van der Waals surface area contributed by atoms with Crippen LogP contribution in [-0.2, 0) is 0 Å². The van der Waals surface area contributed by atoms with Gasteiger partial charge in [-0.05, 0) is 30.7 Å². The first-order chi connectivity index (χ1) is 8.90. The van der Waals surface area contributed by atoms with Gasteiger partial charge in [0.15, 0.2) is 0 Å². The summed E-state index contributed by atoms with van der Waals surface area (Å²) in [4.78, 5) is 0. The molecule has 0 aliphatic carbocycles. The normalized spacial score (nSPS) is 12.5.